The van der Waals surface area contributed by atoms with Gasteiger partial charge in [0.2, 0.25) is 5.91 Å². The third-order valence-corrected chi connectivity index (χ3v) is 5.25. The number of anilines is 1. The number of carbonyl (C=O) groups is 1. The van der Waals surface area contributed by atoms with Crippen molar-refractivity contribution in [1.82, 2.24) is 9.88 Å². The van der Waals surface area contributed by atoms with E-state index < -0.39 is 0 Å². The number of hydrogen-bond donors (Lipinski definition) is 2. The molecule has 4 rings (SSSR count). The molecule has 3 aromatic rings. The third kappa shape index (κ3) is 3.73. The van der Waals surface area contributed by atoms with Crippen LogP contribution in [0, 0.1) is 0 Å². The topological polar surface area (TPSA) is 48.1 Å². The molecule has 0 saturated carbocycles. The van der Waals surface area contributed by atoms with Crippen molar-refractivity contribution >= 4 is 45.7 Å². The average molecular weight is 388 g/mol. The molecule has 0 fully saturated rings. The fourth-order valence-corrected chi connectivity index (χ4v) is 3.87. The molecule has 1 aliphatic rings. The van der Waals surface area contributed by atoms with E-state index >= 15 is 0 Å². The predicted molar refractivity (Wildman–Crippen MR) is 107 cm³/mol. The Labute approximate surface area is 162 Å². The van der Waals surface area contributed by atoms with Gasteiger partial charge in [-0.15, -0.1) is 0 Å². The fourth-order valence-electron chi connectivity index (χ4n) is 3.51. The van der Waals surface area contributed by atoms with E-state index in [1.165, 1.54) is 16.6 Å². The zero-order valence-electron chi connectivity index (χ0n) is 14.2. The van der Waals surface area contributed by atoms with Crippen LogP contribution in [-0.2, 0) is 17.8 Å². The molecule has 0 aliphatic carbocycles. The van der Waals surface area contributed by atoms with Crippen molar-refractivity contribution in [2.45, 2.75) is 19.4 Å². The molecular weight excluding hydrogens is 369 g/mol. The van der Waals surface area contributed by atoms with E-state index in [4.69, 9.17) is 23.2 Å². The Kier molecular flexibility index (Phi) is 4.90. The fraction of sp³-hybridized carbons (Fsp3) is 0.250. The zero-order chi connectivity index (χ0) is 18.1. The van der Waals surface area contributed by atoms with E-state index in [-0.39, 0.29) is 5.91 Å². The van der Waals surface area contributed by atoms with Crippen molar-refractivity contribution in [3.8, 4) is 0 Å². The number of amides is 1. The molecule has 6 heteroatoms. The monoisotopic (exact) mass is 387 g/mol. The normalized spacial score (nSPS) is 14.4. The Balaban J connectivity index is 1.37. The summed E-state index contributed by atoms with van der Waals surface area (Å²) in [6.45, 7) is 2.49. The highest BCUT2D eigenvalue weighted by Crippen LogP contribution is 2.29. The van der Waals surface area contributed by atoms with Gasteiger partial charge < -0.3 is 10.3 Å². The van der Waals surface area contributed by atoms with E-state index in [0.29, 0.717) is 11.4 Å². The molecule has 2 aromatic carbocycles. The largest absolute Gasteiger partial charge is 0.357 e. The predicted octanol–water partition coefficient (Wildman–Crippen LogP) is 4.86. The number of benzene rings is 2. The first kappa shape index (κ1) is 17.4. The summed E-state index contributed by atoms with van der Waals surface area (Å²) in [5.41, 5.74) is 4.43. The Hall–Kier alpha value is -2.01. The molecular formula is C20H19Cl2N3O. The summed E-state index contributed by atoms with van der Waals surface area (Å²) in [5.74, 6) is 0.00138. The van der Waals surface area contributed by atoms with Gasteiger partial charge in [-0.1, -0.05) is 29.3 Å². The minimum absolute atomic E-state index is 0.00138. The first-order chi connectivity index (χ1) is 12.6. The number of aromatic amines is 1. The maximum atomic E-state index is 12.2. The van der Waals surface area contributed by atoms with Gasteiger partial charge in [0.1, 0.15) is 0 Å². The average Bonchev–Trinajstić information content (AvgIpc) is 2.97. The summed E-state index contributed by atoms with van der Waals surface area (Å²) in [4.78, 5) is 18.0. The van der Waals surface area contributed by atoms with E-state index in [9.17, 15) is 4.79 Å². The number of carbonyl (C=O) groups excluding carboxylic acids is 1. The molecule has 4 nitrogen and oxygen atoms in total. The van der Waals surface area contributed by atoms with Crippen molar-refractivity contribution in [3.63, 3.8) is 0 Å². The first-order valence-electron chi connectivity index (χ1n) is 8.65. The number of hydrogen-bond acceptors (Lipinski definition) is 2. The molecule has 1 aliphatic heterocycles. The Morgan fingerprint density at radius 3 is 2.85 bits per heavy atom. The highest BCUT2D eigenvalue weighted by Gasteiger charge is 2.21. The maximum Gasteiger partial charge on any atom is 0.225 e. The summed E-state index contributed by atoms with van der Waals surface area (Å²) in [6, 6.07) is 13.2. The molecule has 0 spiro atoms. The van der Waals surface area contributed by atoms with Gasteiger partial charge in [0.25, 0.3) is 0 Å². The second-order valence-corrected chi connectivity index (χ2v) is 7.48. The number of nitrogens with zero attached hydrogens (tertiary/aromatic N) is 1. The molecule has 2 N–H and O–H groups in total. The standard InChI is InChI=1S/C20H19Cl2N3O/c21-13-2-1-3-15(10-13)23-20(26)7-9-25-8-6-16-17-11-14(22)4-5-18(17)24-19(16)12-25/h1-5,10-11,24H,6-9,12H2,(H,23,26). The molecule has 0 radical (unpaired) electrons. The van der Waals surface area contributed by atoms with E-state index in [1.807, 2.05) is 30.3 Å². The molecule has 0 unspecified atom stereocenters. The molecule has 1 amide bonds. The second kappa shape index (κ2) is 7.31. The summed E-state index contributed by atoms with van der Waals surface area (Å²) in [7, 11) is 0. The van der Waals surface area contributed by atoms with Gasteiger partial charge in [0, 0.05) is 58.4 Å². The summed E-state index contributed by atoms with van der Waals surface area (Å²) in [6.07, 6.45) is 1.42. The lowest BCUT2D eigenvalue weighted by molar-refractivity contribution is -0.116. The van der Waals surface area contributed by atoms with Crippen LogP contribution in [0.3, 0.4) is 0 Å². The van der Waals surface area contributed by atoms with Crippen LogP contribution in [0.5, 0.6) is 0 Å². The van der Waals surface area contributed by atoms with Crippen LogP contribution in [0.15, 0.2) is 42.5 Å². The van der Waals surface area contributed by atoms with Gasteiger partial charge in [-0.3, -0.25) is 9.69 Å². The van der Waals surface area contributed by atoms with Gasteiger partial charge in [-0.05, 0) is 48.4 Å². The van der Waals surface area contributed by atoms with Gasteiger partial charge in [-0.2, -0.15) is 0 Å². The first-order valence-corrected chi connectivity index (χ1v) is 9.41. The summed E-state index contributed by atoms with van der Waals surface area (Å²) in [5, 5.41) is 5.49. The van der Waals surface area contributed by atoms with Crippen LogP contribution in [0.1, 0.15) is 17.7 Å². The van der Waals surface area contributed by atoms with Gasteiger partial charge in [-0.25, -0.2) is 0 Å². The molecule has 0 atom stereocenters. The van der Waals surface area contributed by atoms with E-state index in [2.05, 4.69) is 15.2 Å². The Morgan fingerprint density at radius 1 is 1.15 bits per heavy atom. The van der Waals surface area contributed by atoms with Crippen LogP contribution >= 0.6 is 23.2 Å². The van der Waals surface area contributed by atoms with Crippen LogP contribution in [-0.4, -0.2) is 28.9 Å². The van der Waals surface area contributed by atoms with Crippen molar-refractivity contribution in [2.24, 2.45) is 0 Å². The van der Waals surface area contributed by atoms with Crippen molar-refractivity contribution in [2.75, 3.05) is 18.4 Å². The Morgan fingerprint density at radius 2 is 2.00 bits per heavy atom. The minimum Gasteiger partial charge on any atom is -0.357 e. The highest BCUT2D eigenvalue weighted by atomic mass is 35.5. The number of aromatic nitrogens is 1. The van der Waals surface area contributed by atoms with Gasteiger partial charge >= 0.3 is 0 Å². The number of fused-ring (bicyclic) bond motifs is 3. The summed E-state index contributed by atoms with van der Waals surface area (Å²) < 4.78 is 0. The van der Waals surface area contributed by atoms with Crippen LogP contribution in [0.25, 0.3) is 10.9 Å². The SMILES string of the molecule is O=C(CCN1CCc2c([nH]c3ccc(Cl)cc23)C1)Nc1cccc(Cl)c1. The Bertz CT molecular complexity index is 967. The summed E-state index contributed by atoms with van der Waals surface area (Å²) >= 11 is 12.1. The molecule has 1 aromatic heterocycles. The number of nitrogens with one attached hydrogen (secondary N) is 2. The van der Waals surface area contributed by atoms with Crippen LogP contribution < -0.4 is 5.32 Å². The molecule has 0 bridgehead atoms. The quantitative estimate of drug-likeness (QED) is 0.671. The lowest BCUT2D eigenvalue weighted by Gasteiger charge is -2.26. The number of H-pyrrole nitrogens is 1. The maximum absolute atomic E-state index is 12.2. The molecule has 26 heavy (non-hydrogen) atoms. The molecule has 0 saturated heterocycles. The number of halogens is 2. The van der Waals surface area contributed by atoms with Gasteiger partial charge in [0.05, 0.1) is 0 Å². The van der Waals surface area contributed by atoms with E-state index in [1.54, 1.807) is 12.1 Å². The van der Waals surface area contributed by atoms with Crippen LogP contribution in [0.4, 0.5) is 5.69 Å². The lowest BCUT2D eigenvalue weighted by Crippen LogP contribution is -2.33. The van der Waals surface area contributed by atoms with Crippen molar-refractivity contribution < 1.29 is 4.79 Å². The lowest BCUT2D eigenvalue weighted by atomic mass is 10.0. The van der Waals surface area contributed by atoms with Gasteiger partial charge in [0.15, 0.2) is 0 Å². The zero-order valence-corrected chi connectivity index (χ0v) is 15.7. The second-order valence-electron chi connectivity index (χ2n) is 6.61. The third-order valence-electron chi connectivity index (χ3n) is 4.78. The van der Waals surface area contributed by atoms with Crippen LogP contribution in [0.2, 0.25) is 10.0 Å². The smallest absolute Gasteiger partial charge is 0.225 e. The highest BCUT2D eigenvalue weighted by molar-refractivity contribution is 6.31. The van der Waals surface area contributed by atoms with E-state index in [0.717, 1.165) is 42.3 Å². The number of rotatable bonds is 4. The van der Waals surface area contributed by atoms with Crippen molar-refractivity contribution in [1.29, 1.82) is 0 Å². The minimum atomic E-state index is 0.00138. The molecule has 134 valence electrons. The van der Waals surface area contributed by atoms with Crippen molar-refractivity contribution in [3.05, 3.63) is 63.8 Å². The molecule has 2 heterocycles.